The van der Waals surface area contributed by atoms with Gasteiger partial charge in [-0.3, -0.25) is 0 Å². The van der Waals surface area contributed by atoms with Crippen molar-refractivity contribution in [1.82, 2.24) is 0 Å². The first-order chi connectivity index (χ1) is 10.0. The topological polar surface area (TPSA) is 69.4 Å². The van der Waals surface area contributed by atoms with E-state index in [0.717, 1.165) is 18.4 Å². The Morgan fingerprint density at radius 3 is 2.29 bits per heavy atom. The lowest BCUT2D eigenvalue weighted by Gasteiger charge is -2.21. The maximum Gasteiger partial charge on any atom is 0.209 e. The van der Waals surface area contributed by atoms with Gasteiger partial charge in [0.15, 0.2) is 0 Å². The van der Waals surface area contributed by atoms with E-state index in [9.17, 15) is 8.42 Å². The molecule has 1 atom stereocenters. The molecule has 1 saturated carbocycles. The third kappa shape index (κ3) is 6.16. The number of primary sulfonamides is 1. The van der Waals surface area contributed by atoms with Crippen LogP contribution in [0.3, 0.4) is 0 Å². The van der Waals surface area contributed by atoms with Gasteiger partial charge in [-0.05, 0) is 18.4 Å². The molecule has 0 bridgehead atoms. The van der Waals surface area contributed by atoms with Gasteiger partial charge in [0.05, 0.1) is 18.5 Å². The van der Waals surface area contributed by atoms with Gasteiger partial charge < -0.3 is 4.74 Å². The summed E-state index contributed by atoms with van der Waals surface area (Å²) in [4.78, 5) is 0. The van der Waals surface area contributed by atoms with Crippen LogP contribution >= 0.6 is 0 Å². The first kappa shape index (κ1) is 16.5. The average Bonchev–Trinajstić information content (AvgIpc) is 2.72. The Balaban J connectivity index is 1.98. The summed E-state index contributed by atoms with van der Waals surface area (Å²) < 4.78 is 28.9. The second-order valence-electron chi connectivity index (χ2n) is 5.88. The van der Waals surface area contributed by atoms with Crippen LogP contribution in [0.25, 0.3) is 0 Å². The molecule has 5 heteroatoms. The van der Waals surface area contributed by atoms with Crippen molar-refractivity contribution in [3.05, 3.63) is 35.9 Å². The minimum atomic E-state index is -3.51. The molecule has 0 amide bonds. The highest BCUT2D eigenvalue weighted by molar-refractivity contribution is 7.89. The van der Waals surface area contributed by atoms with Crippen LogP contribution in [0.4, 0.5) is 0 Å². The smallest absolute Gasteiger partial charge is 0.209 e. The quantitative estimate of drug-likeness (QED) is 0.821. The largest absolute Gasteiger partial charge is 0.378 e. The lowest BCUT2D eigenvalue weighted by molar-refractivity contribution is 0.0365. The molecule has 118 valence electrons. The van der Waals surface area contributed by atoms with E-state index >= 15 is 0 Å². The van der Waals surface area contributed by atoms with Crippen molar-refractivity contribution in [3.63, 3.8) is 0 Å². The molecular formula is C16H25NO3S. The van der Waals surface area contributed by atoms with Crippen LogP contribution in [0, 0.1) is 0 Å². The summed E-state index contributed by atoms with van der Waals surface area (Å²) in [7, 11) is -3.51. The second-order valence-corrected chi connectivity index (χ2v) is 7.54. The Labute approximate surface area is 127 Å². The molecule has 21 heavy (non-hydrogen) atoms. The minimum Gasteiger partial charge on any atom is -0.378 e. The molecule has 1 fully saturated rings. The molecule has 1 aromatic carbocycles. The van der Waals surface area contributed by atoms with Crippen molar-refractivity contribution in [2.24, 2.45) is 5.14 Å². The second kappa shape index (κ2) is 7.92. The zero-order valence-electron chi connectivity index (χ0n) is 12.4. The van der Waals surface area contributed by atoms with E-state index in [4.69, 9.17) is 9.88 Å². The van der Waals surface area contributed by atoms with Crippen molar-refractivity contribution < 1.29 is 13.2 Å². The monoisotopic (exact) mass is 311 g/mol. The molecule has 0 heterocycles. The first-order valence-electron chi connectivity index (χ1n) is 7.71. The van der Waals surface area contributed by atoms with Gasteiger partial charge in [0.2, 0.25) is 10.0 Å². The zero-order valence-corrected chi connectivity index (χ0v) is 13.2. The van der Waals surface area contributed by atoms with Crippen LogP contribution in [-0.4, -0.2) is 26.9 Å². The fraction of sp³-hybridized carbons (Fsp3) is 0.625. The van der Waals surface area contributed by atoms with Crippen molar-refractivity contribution in [2.45, 2.75) is 50.5 Å². The molecule has 0 radical (unpaired) electrons. The highest BCUT2D eigenvalue weighted by Crippen LogP contribution is 2.23. The van der Waals surface area contributed by atoms with Gasteiger partial charge in [-0.25, -0.2) is 13.6 Å². The maximum atomic E-state index is 11.4. The molecule has 0 aromatic heterocycles. The Kier molecular flexibility index (Phi) is 6.21. The lowest BCUT2D eigenvalue weighted by atomic mass is 10.0. The molecule has 1 aromatic rings. The van der Waals surface area contributed by atoms with Crippen LogP contribution in [0.1, 0.15) is 50.0 Å². The van der Waals surface area contributed by atoms with E-state index in [0.29, 0.717) is 6.61 Å². The average molecular weight is 311 g/mol. The predicted octanol–water partition coefficient (Wildman–Crippen LogP) is 2.80. The minimum absolute atomic E-state index is 0.0657. The molecule has 1 unspecified atom stereocenters. The van der Waals surface area contributed by atoms with Gasteiger partial charge in [-0.1, -0.05) is 56.0 Å². The molecule has 2 rings (SSSR count). The summed E-state index contributed by atoms with van der Waals surface area (Å²) in [6.45, 7) is 0.422. The van der Waals surface area contributed by atoms with Crippen LogP contribution in [0.2, 0.25) is 0 Å². The van der Waals surface area contributed by atoms with E-state index < -0.39 is 10.0 Å². The summed E-state index contributed by atoms with van der Waals surface area (Å²) >= 11 is 0. The number of hydrogen-bond donors (Lipinski definition) is 1. The number of hydrogen-bond acceptors (Lipinski definition) is 3. The highest BCUT2D eigenvalue weighted by atomic mass is 32.2. The van der Waals surface area contributed by atoms with E-state index in [1.54, 1.807) is 0 Å². The van der Waals surface area contributed by atoms with E-state index in [2.05, 4.69) is 0 Å². The Hall–Kier alpha value is -0.910. The van der Waals surface area contributed by atoms with Crippen LogP contribution in [-0.2, 0) is 14.8 Å². The zero-order chi connectivity index (χ0) is 15.1. The van der Waals surface area contributed by atoms with Crippen molar-refractivity contribution in [3.8, 4) is 0 Å². The number of ether oxygens (including phenoxy) is 1. The molecule has 1 aliphatic rings. The van der Waals surface area contributed by atoms with E-state index in [1.807, 2.05) is 30.3 Å². The first-order valence-corrected chi connectivity index (χ1v) is 9.43. The van der Waals surface area contributed by atoms with E-state index in [1.165, 1.54) is 25.7 Å². The molecule has 0 saturated heterocycles. The number of rotatable bonds is 6. The Morgan fingerprint density at radius 1 is 1.10 bits per heavy atom. The van der Waals surface area contributed by atoms with Crippen LogP contribution in [0.5, 0.6) is 0 Å². The molecule has 4 nitrogen and oxygen atoms in total. The number of benzene rings is 1. The van der Waals surface area contributed by atoms with Crippen LogP contribution in [0.15, 0.2) is 30.3 Å². The third-order valence-electron chi connectivity index (χ3n) is 4.04. The highest BCUT2D eigenvalue weighted by Gasteiger charge is 2.21. The molecule has 0 spiro atoms. The summed E-state index contributed by atoms with van der Waals surface area (Å²) in [6.07, 6.45) is 7.39. The lowest BCUT2D eigenvalue weighted by Crippen LogP contribution is -2.26. The fourth-order valence-electron chi connectivity index (χ4n) is 2.91. The summed E-state index contributed by atoms with van der Waals surface area (Å²) in [5.41, 5.74) is 0.972. The van der Waals surface area contributed by atoms with Crippen molar-refractivity contribution in [1.29, 1.82) is 0 Å². The van der Waals surface area contributed by atoms with Gasteiger partial charge in [-0.2, -0.15) is 0 Å². The predicted molar refractivity (Wildman–Crippen MR) is 84.6 cm³/mol. The van der Waals surface area contributed by atoms with Gasteiger partial charge in [-0.15, -0.1) is 0 Å². The summed E-state index contributed by atoms with van der Waals surface area (Å²) in [6, 6.07) is 9.62. The van der Waals surface area contributed by atoms with Gasteiger partial charge >= 0.3 is 0 Å². The normalized spacial score (nSPS) is 19.1. The molecule has 0 aliphatic heterocycles. The summed E-state index contributed by atoms with van der Waals surface area (Å²) in [5, 5.41) is 5.22. The fourth-order valence-corrected chi connectivity index (χ4v) is 3.76. The van der Waals surface area contributed by atoms with Crippen molar-refractivity contribution >= 4 is 10.0 Å². The van der Waals surface area contributed by atoms with Gasteiger partial charge in [0.25, 0.3) is 0 Å². The van der Waals surface area contributed by atoms with Gasteiger partial charge in [0, 0.05) is 5.92 Å². The van der Waals surface area contributed by atoms with Gasteiger partial charge in [0.1, 0.15) is 0 Å². The standard InChI is InChI=1S/C16H25NO3S/c17-21(18,19)13-15(14-8-4-3-5-9-14)12-20-16-10-6-1-2-7-11-16/h3-5,8-9,15-16H,1-2,6-7,10-13H2,(H2,17,18,19). The summed E-state index contributed by atoms with van der Waals surface area (Å²) in [5.74, 6) is -0.256. The Morgan fingerprint density at radius 2 is 1.71 bits per heavy atom. The Bertz CT molecular complexity index is 508. The SMILES string of the molecule is NS(=O)(=O)CC(COC1CCCCCC1)c1ccccc1. The van der Waals surface area contributed by atoms with E-state index in [-0.39, 0.29) is 17.8 Å². The third-order valence-corrected chi connectivity index (χ3v) is 4.91. The molecule has 2 N–H and O–H groups in total. The molecule has 1 aliphatic carbocycles. The van der Waals surface area contributed by atoms with Crippen LogP contribution < -0.4 is 5.14 Å². The number of sulfonamides is 1. The number of nitrogens with two attached hydrogens (primary N) is 1. The van der Waals surface area contributed by atoms with Crippen molar-refractivity contribution in [2.75, 3.05) is 12.4 Å². The maximum absolute atomic E-state index is 11.4. The molecular weight excluding hydrogens is 286 g/mol.